The molecule has 96 valence electrons. The SMILES string of the molecule is CSc1cccc(Oc2cc(F)ccc2C)c1C#N. The number of hydrogen-bond donors (Lipinski definition) is 0. The van der Waals surface area contributed by atoms with Crippen molar-refractivity contribution in [2.75, 3.05) is 6.26 Å². The Morgan fingerprint density at radius 1 is 1.21 bits per heavy atom. The van der Waals surface area contributed by atoms with Gasteiger partial charge in [0.15, 0.2) is 0 Å². The largest absolute Gasteiger partial charge is 0.456 e. The van der Waals surface area contributed by atoms with Gasteiger partial charge in [-0.1, -0.05) is 12.1 Å². The van der Waals surface area contributed by atoms with Gasteiger partial charge in [0.05, 0.1) is 0 Å². The lowest BCUT2D eigenvalue weighted by Crippen LogP contribution is -1.93. The Labute approximate surface area is 115 Å². The van der Waals surface area contributed by atoms with Crippen LogP contribution in [0, 0.1) is 24.1 Å². The number of ether oxygens (including phenoxy) is 1. The smallest absolute Gasteiger partial charge is 0.146 e. The Kier molecular flexibility index (Phi) is 4.08. The summed E-state index contributed by atoms with van der Waals surface area (Å²) in [7, 11) is 0. The summed E-state index contributed by atoms with van der Waals surface area (Å²) < 4.78 is 18.9. The first-order chi connectivity index (χ1) is 9.15. The molecule has 0 unspecified atom stereocenters. The number of rotatable bonds is 3. The van der Waals surface area contributed by atoms with Crippen molar-refractivity contribution in [2.45, 2.75) is 11.8 Å². The van der Waals surface area contributed by atoms with E-state index in [2.05, 4.69) is 6.07 Å². The summed E-state index contributed by atoms with van der Waals surface area (Å²) in [4.78, 5) is 0.842. The van der Waals surface area contributed by atoms with Crippen LogP contribution in [0.2, 0.25) is 0 Å². The number of aryl methyl sites for hydroxylation is 1. The fourth-order valence-corrected chi connectivity index (χ4v) is 2.24. The summed E-state index contributed by atoms with van der Waals surface area (Å²) in [6.07, 6.45) is 1.90. The lowest BCUT2D eigenvalue weighted by atomic mass is 10.2. The zero-order valence-electron chi connectivity index (χ0n) is 10.6. The zero-order chi connectivity index (χ0) is 13.8. The van der Waals surface area contributed by atoms with E-state index in [1.807, 2.05) is 25.3 Å². The monoisotopic (exact) mass is 273 g/mol. The van der Waals surface area contributed by atoms with E-state index in [4.69, 9.17) is 4.74 Å². The van der Waals surface area contributed by atoms with Crippen LogP contribution in [0.3, 0.4) is 0 Å². The summed E-state index contributed by atoms with van der Waals surface area (Å²) >= 11 is 1.48. The minimum Gasteiger partial charge on any atom is -0.456 e. The number of benzene rings is 2. The second-order valence-corrected chi connectivity index (χ2v) is 4.81. The number of nitrogens with zero attached hydrogens (tertiary/aromatic N) is 1. The molecule has 0 fully saturated rings. The van der Waals surface area contributed by atoms with Gasteiger partial charge in [-0.15, -0.1) is 11.8 Å². The number of halogens is 1. The summed E-state index contributed by atoms with van der Waals surface area (Å²) in [5.74, 6) is 0.512. The average Bonchev–Trinajstić information content (AvgIpc) is 2.42. The van der Waals surface area contributed by atoms with Gasteiger partial charge < -0.3 is 4.74 Å². The molecule has 2 aromatic carbocycles. The molecule has 0 saturated carbocycles. The highest BCUT2D eigenvalue weighted by atomic mass is 32.2. The molecule has 0 aliphatic heterocycles. The Hall–Kier alpha value is -1.99. The summed E-state index contributed by atoms with van der Waals surface area (Å²) in [6, 6.07) is 11.9. The van der Waals surface area contributed by atoms with Crippen molar-refractivity contribution in [1.82, 2.24) is 0 Å². The van der Waals surface area contributed by atoms with Crippen molar-refractivity contribution < 1.29 is 9.13 Å². The first kappa shape index (κ1) is 13.4. The van der Waals surface area contributed by atoms with Gasteiger partial charge in [-0.2, -0.15) is 5.26 Å². The van der Waals surface area contributed by atoms with Crippen LogP contribution < -0.4 is 4.74 Å². The number of hydrogen-bond acceptors (Lipinski definition) is 3. The fourth-order valence-electron chi connectivity index (χ4n) is 1.68. The minimum absolute atomic E-state index is 0.361. The van der Waals surface area contributed by atoms with Crippen LogP contribution in [-0.4, -0.2) is 6.26 Å². The van der Waals surface area contributed by atoms with Crippen molar-refractivity contribution in [3.63, 3.8) is 0 Å². The maximum atomic E-state index is 13.2. The molecule has 2 rings (SSSR count). The van der Waals surface area contributed by atoms with E-state index < -0.39 is 0 Å². The van der Waals surface area contributed by atoms with Crippen molar-refractivity contribution in [2.24, 2.45) is 0 Å². The van der Waals surface area contributed by atoms with Gasteiger partial charge in [-0.3, -0.25) is 0 Å². The predicted octanol–water partition coefficient (Wildman–Crippen LogP) is 4.52. The summed E-state index contributed by atoms with van der Waals surface area (Å²) in [5.41, 5.74) is 1.29. The van der Waals surface area contributed by atoms with Gasteiger partial charge in [0.1, 0.15) is 28.9 Å². The first-order valence-corrected chi connectivity index (χ1v) is 6.89. The third-order valence-corrected chi connectivity index (χ3v) is 3.47. The van der Waals surface area contributed by atoms with Crippen LogP contribution >= 0.6 is 11.8 Å². The average molecular weight is 273 g/mol. The lowest BCUT2D eigenvalue weighted by molar-refractivity contribution is 0.470. The van der Waals surface area contributed by atoms with E-state index in [1.54, 1.807) is 12.1 Å². The van der Waals surface area contributed by atoms with Crippen LogP contribution in [-0.2, 0) is 0 Å². The summed E-state index contributed by atoms with van der Waals surface area (Å²) in [6.45, 7) is 1.83. The predicted molar refractivity (Wildman–Crippen MR) is 74.1 cm³/mol. The second kappa shape index (κ2) is 5.77. The van der Waals surface area contributed by atoms with E-state index in [9.17, 15) is 9.65 Å². The van der Waals surface area contributed by atoms with Gasteiger partial charge in [0, 0.05) is 11.0 Å². The van der Waals surface area contributed by atoms with E-state index >= 15 is 0 Å². The molecular weight excluding hydrogens is 261 g/mol. The molecule has 2 nitrogen and oxygen atoms in total. The molecule has 4 heteroatoms. The van der Waals surface area contributed by atoms with Crippen LogP contribution in [0.25, 0.3) is 0 Å². The van der Waals surface area contributed by atoms with Crippen LogP contribution in [0.5, 0.6) is 11.5 Å². The fraction of sp³-hybridized carbons (Fsp3) is 0.133. The zero-order valence-corrected chi connectivity index (χ0v) is 11.4. The maximum absolute atomic E-state index is 13.2. The molecule has 0 spiro atoms. The van der Waals surface area contributed by atoms with Crippen molar-refractivity contribution in [3.05, 3.63) is 53.3 Å². The first-order valence-electron chi connectivity index (χ1n) is 5.67. The van der Waals surface area contributed by atoms with Gasteiger partial charge in [-0.05, 0) is 36.9 Å². The number of nitriles is 1. The Morgan fingerprint density at radius 3 is 2.68 bits per heavy atom. The Bertz CT molecular complexity index is 649. The molecule has 0 amide bonds. The molecule has 19 heavy (non-hydrogen) atoms. The van der Waals surface area contributed by atoms with Gasteiger partial charge in [-0.25, -0.2) is 4.39 Å². The Balaban J connectivity index is 2.44. The molecule has 0 N–H and O–H groups in total. The van der Waals surface area contributed by atoms with Crippen molar-refractivity contribution in [3.8, 4) is 17.6 Å². The highest BCUT2D eigenvalue weighted by Gasteiger charge is 2.11. The second-order valence-electron chi connectivity index (χ2n) is 3.96. The maximum Gasteiger partial charge on any atom is 0.146 e. The van der Waals surface area contributed by atoms with E-state index in [1.165, 1.54) is 23.9 Å². The van der Waals surface area contributed by atoms with E-state index in [0.29, 0.717) is 17.1 Å². The lowest BCUT2D eigenvalue weighted by Gasteiger charge is -2.11. The molecule has 0 aliphatic rings. The molecule has 0 aliphatic carbocycles. The normalized spacial score (nSPS) is 10.0. The van der Waals surface area contributed by atoms with Gasteiger partial charge in [0.2, 0.25) is 0 Å². The molecule has 0 radical (unpaired) electrons. The van der Waals surface area contributed by atoms with Crippen LogP contribution in [0.4, 0.5) is 4.39 Å². The van der Waals surface area contributed by atoms with Crippen molar-refractivity contribution in [1.29, 1.82) is 5.26 Å². The topological polar surface area (TPSA) is 33.0 Å². The minimum atomic E-state index is -0.361. The molecule has 0 atom stereocenters. The highest BCUT2D eigenvalue weighted by Crippen LogP contribution is 2.32. The van der Waals surface area contributed by atoms with Crippen LogP contribution in [0.1, 0.15) is 11.1 Å². The standard InChI is InChI=1S/C15H12FNOS/c1-10-6-7-11(16)8-14(10)18-13-4-3-5-15(19-2)12(13)9-17/h3-8H,1-2H3. The molecule has 0 heterocycles. The van der Waals surface area contributed by atoms with Gasteiger partial charge >= 0.3 is 0 Å². The Morgan fingerprint density at radius 2 is 2.00 bits per heavy atom. The number of thioether (sulfide) groups is 1. The highest BCUT2D eigenvalue weighted by molar-refractivity contribution is 7.98. The quantitative estimate of drug-likeness (QED) is 0.771. The third kappa shape index (κ3) is 2.88. The molecular formula is C15H12FNOS. The van der Waals surface area contributed by atoms with Gasteiger partial charge in [0.25, 0.3) is 0 Å². The van der Waals surface area contributed by atoms with E-state index in [0.717, 1.165) is 10.5 Å². The summed E-state index contributed by atoms with van der Waals surface area (Å²) in [5, 5.41) is 9.21. The third-order valence-electron chi connectivity index (χ3n) is 2.69. The molecule has 2 aromatic rings. The molecule has 0 aromatic heterocycles. The van der Waals surface area contributed by atoms with Crippen LogP contribution in [0.15, 0.2) is 41.3 Å². The molecule has 0 bridgehead atoms. The van der Waals surface area contributed by atoms with E-state index in [-0.39, 0.29) is 5.82 Å². The molecule has 0 saturated heterocycles. The van der Waals surface area contributed by atoms with Crippen molar-refractivity contribution >= 4 is 11.8 Å².